The fraction of sp³-hybridized carbons (Fsp3) is 0.667. The van der Waals surface area contributed by atoms with E-state index in [2.05, 4.69) is 34.0 Å². The smallest absolute Gasteiger partial charge is 0.147 e. The maximum atomic E-state index is 4.44. The number of unbranched alkanes of at least 4 members (excludes halogenated alkanes) is 1. The van der Waals surface area contributed by atoms with Gasteiger partial charge in [-0.1, -0.05) is 13.3 Å². The van der Waals surface area contributed by atoms with Gasteiger partial charge < -0.3 is 10.2 Å². The Labute approximate surface area is 98.1 Å². The van der Waals surface area contributed by atoms with Crippen LogP contribution in [0.25, 0.3) is 0 Å². The lowest BCUT2D eigenvalue weighted by Crippen LogP contribution is -2.25. The van der Waals surface area contributed by atoms with Crippen molar-refractivity contribution in [3.05, 3.63) is 18.1 Å². The van der Waals surface area contributed by atoms with Gasteiger partial charge in [-0.25, -0.2) is 4.98 Å². The Morgan fingerprint density at radius 1 is 1.25 bits per heavy atom. The maximum absolute atomic E-state index is 4.44. The Morgan fingerprint density at radius 2 is 2.06 bits per heavy atom. The summed E-state index contributed by atoms with van der Waals surface area (Å²) in [7, 11) is 1.91. The van der Waals surface area contributed by atoms with Gasteiger partial charge in [0.1, 0.15) is 5.82 Å². The average Bonchev–Trinajstić information content (AvgIpc) is 2.32. The van der Waals surface area contributed by atoms with Gasteiger partial charge in [-0.2, -0.15) is 0 Å². The van der Waals surface area contributed by atoms with E-state index in [9.17, 15) is 0 Å². The first kappa shape index (κ1) is 12.9. The van der Waals surface area contributed by atoms with Gasteiger partial charge in [0.05, 0.1) is 18.1 Å². The van der Waals surface area contributed by atoms with E-state index >= 15 is 0 Å². The van der Waals surface area contributed by atoms with E-state index in [0.717, 1.165) is 31.1 Å². The van der Waals surface area contributed by atoms with E-state index in [1.165, 1.54) is 12.8 Å². The fourth-order valence-corrected chi connectivity index (χ4v) is 1.57. The van der Waals surface area contributed by atoms with Crippen LogP contribution in [0.3, 0.4) is 0 Å². The van der Waals surface area contributed by atoms with E-state index in [1.807, 2.05) is 19.4 Å². The molecule has 0 aromatic carbocycles. The lowest BCUT2D eigenvalue weighted by atomic mass is 10.3. The number of anilines is 1. The zero-order valence-electron chi connectivity index (χ0n) is 10.5. The highest BCUT2D eigenvalue weighted by molar-refractivity contribution is 5.35. The molecule has 4 nitrogen and oxygen atoms in total. The van der Waals surface area contributed by atoms with Crippen molar-refractivity contribution in [2.24, 2.45) is 0 Å². The number of hydrogen-bond donors (Lipinski definition) is 1. The highest BCUT2D eigenvalue weighted by Crippen LogP contribution is 2.09. The second kappa shape index (κ2) is 7.17. The molecule has 1 heterocycles. The molecule has 0 saturated carbocycles. The molecule has 16 heavy (non-hydrogen) atoms. The molecule has 0 aliphatic carbocycles. The van der Waals surface area contributed by atoms with Crippen LogP contribution in [0.2, 0.25) is 0 Å². The van der Waals surface area contributed by atoms with E-state index in [-0.39, 0.29) is 0 Å². The normalized spacial score (nSPS) is 10.4. The zero-order valence-corrected chi connectivity index (χ0v) is 10.5. The summed E-state index contributed by atoms with van der Waals surface area (Å²) < 4.78 is 0. The lowest BCUT2D eigenvalue weighted by Gasteiger charge is -2.21. The third kappa shape index (κ3) is 3.77. The summed E-state index contributed by atoms with van der Waals surface area (Å²) in [6.07, 6.45) is 6.13. The van der Waals surface area contributed by atoms with Gasteiger partial charge in [-0.05, 0) is 20.4 Å². The molecule has 0 bridgehead atoms. The third-order valence-electron chi connectivity index (χ3n) is 2.54. The van der Waals surface area contributed by atoms with Crippen molar-refractivity contribution in [2.75, 3.05) is 25.0 Å². The molecule has 0 fully saturated rings. The van der Waals surface area contributed by atoms with Crippen LogP contribution in [0.5, 0.6) is 0 Å². The number of nitrogens with zero attached hydrogens (tertiary/aromatic N) is 3. The molecule has 4 heteroatoms. The largest absolute Gasteiger partial charge is 0.356 e. The van der Waals surface area contributed by atoms with E-state index in [0.29, 0.717) is 0 Å². The molecular formula is C12H22N4. The summed E-state index contributed by atoms with van der Waals surface area (Å²) >= 11 is 0. The number of nitrogens with one attached hydrogen (secondary N) is 1. The molecule has 1 N–H and O–H groups in total. The van der Waals surface area contributed by atoms with Crippen LogP contribution in [0.15, 0.2) is 12.4 Å². The summed E-state index contributed by atoms with van der Waals surface area (Å²) in [5.74, 6) is 0.982. The topological polar surface area (TPSA) is 41.1 Å². The summed E-state index contributed by atoms with van der Waals surface area (Å²) in [5, 5.41) is 3.06. The predicted octanol–water partition coefficient (Wildman–Crippen LogP) is 1.82. The SMILES string of the molecule is CCCCN(CC)c1cnc(CNC)cn1. The highest BCUT2D eigenvalue weighted by Gasteiger charge is 2.05. The molecule has 0 aliphatic heterocycles. The van der Waals surface area contributed by atoms with Crippen LogP contribution in [0, 0.1) is 0 Å². The second-order valence-corrected chi connectivity index (χ2v) is 3.83. The minimum absolute atomic E-state index is 0.772. The minimum atomic E-state index is 0.772. The molecule has 0 radical (unpaired) electrons. The molecule has 0 unspecified atom stereocenters. The Morgan fingerprint density at radius 3 is 2.56 bits per heavy atom. The monoisotopic (exact) mass is 222 g/mol. The molecule has 1 aromatic heterocycles. The van der Waals surface area contributed by atoms with Crippen molar-refractivity contribution in [1.29, 1.82) is 0 Å². The van der Waals surface area contributed by atoms with Crippen LogP contribution in [0.1, 0.15) is 32.4 Å². The molecule has 90 valence electrons. The van der Waals surface area contributed by atoms with Gasteiger partial charge in [-0.15, -0.1) is 0 Å². The van der Waals surface area contributed by atoms with Crippen LogP contribution in [-0.2, 0) is 6.54 Å². The molecule has 0 saturated heterocycles. The van der Waals surface area contributed by atoms with Crippen molar-refractivity contribution >= 4 is 5.82 Å². The zero-order chi connectivity index (χ0) is 11.8. The van der Waals surface area contributed by atoms with Crippen molar-refractivity contribution < 1.29 is 0 Å². The number of aromatic nitrogens is 2. The van der Waals surface area contributed by atoms with Crippen LogP contribution >= 0.6 is 0 Å². The molecule has 1 aromatic rings. The standard InChI is InChI=1S/C12H22N4/c1-4-6-7-16(5-2)12-10-14-11(8-13-3)9-15-12/h9-10,13H,4-8H2,1-3H3. The quantitative estimate of drug-likeness (QED) is 0.764. The van der Waals surface area contributed by atoms with Crippen LogP contribution in [0.4, 0.5) is 5.82 Å². The van der Waals surface area contributed by atoms with Crippen LogP contribution < -0.4 is 10.2 Å². The van der Waals surface area contributed by atoms with E-state index < -0.39 is 0 Å². The summed E-state index contributed by atoms with van der Waals surface area (Å²) in [4.78, 5) is 11.1. The minimum Gasteiger partial charge on any atom is -0.356 e. The van der Waals surface area contributed by atoms with Gasteiger partial charge in [0.15, 0.2) is 0 Å². The molecular weight excluding hydrogens is 200 g/mol. The molecule has 0 aliphatic rings. The second-order valence-electron chi connectivity index (χ2n) is 3.83. The van der Waals surface area contributed by atoms with Crippen molar-refractivity contribution in [3.63, 3.8) is 0 Å². The molecule has 0 amide bonds. The average molecular weight is 222 g/mol. The molecule has 0 atom stereocenters. The summed E-state index contributed by atoms with van der Waals surface area (Å²) in [6.45, 7) is 7.18. The highest BCUT2D eigenvalue weighted by atomic mass is 15.2. The van der Waals surface area contributed by atoms with Crippen molar-refractivity contribution in [3.8, 4) is 0 Å². The first-order chi connectivity index (χ1) is 7.81. The fourth-order valence-electron chi connectivity index (χ4n) is 1.57. The molecule has 1 rings (SSSR count). The van der Waals surface area contributed by atoms with Gasteiger partial charge in [-0.3, -0.25) is 4.98 Å². The Balaban J connectivity index is 2.62. The maximum Gasteiger partial charge on any atom is 0.147 e. The van der Waals surface area contributed by atoms with Crippen LogP contribution in [-0.4, -0.2) is 30.1 Å². The van der Waals surface area contributed by atoms with E-state index in [4.69, 9.17) is 0 Å². The van der Waals surface area contributed by atoms with Gasteiger partial charge >= 0.3 is 0 Å². The first-order valence-electron chi connectivity index (χ1n) is 6.02. The van der Waals surface area contributed by atoms with Crippen molar-refractivity contribution in [1.82, 2.24) is 15.3 Å². The Kier molecular flexibility index (Phi) is 5.78. The molecule has 0 spiro atoms. The summed E-state index contributed by atoms with van der Waals surface area (Å²) in [6, 6.07) is 0. The van der Waals surface area contributed by atoms with E-state index in [1.54, 1.807) is 0 Å². The summed E-state index contributed by atoms with van der Waals surface area (Å²) in [5.41, 5.74) is 0.984. The van der Waals surface area contributed by atoms with Crippen molar-refractivity contribution in [2.45, 2.75) is 33.2 Å². The number of hydrogen-bond acceptors (Lipinski definition) is 4. The van der Waals surface area contributed by atoms with Gasteiger partial charge in [0.2, 0.25) is 0 Å². The lowest BCUT2D eigenvalue weighted by molar-refractivity contribution is 0.717. The first-order valence-corrected chi connectivity index (χ1v) is 6.02. The Hall–Kier alpha value is -1.16. The third-order valence-corrected chi connectivity index (χ3v) is 2.54. The predicted molar refractivity (Wildman–Crippen MR) is 67.6 cm³/mol. The van der Waals surface area contributed by atoms with Gasteiger partial charge in [0, 0.05) is 19.6 Å². The Bertz CT molecular complexity index is 284. The van der Waals surface area contributed by atoms with Gasteiger partial charge in [0.25, 0.3) is 0 Å². The number of rotatable bonds is 7.